The van der Waals surface area contributed by atoms with Gasteiger partial charge in [0, 0.05) is 51.5 Å². The highest BCUT2D eigenvalue weighted by molar-refractivity contribution is 5.79. The molecule has 0 radical (unpaired) electrons. The number of likely N-dealkylation sites (tertiary alicyclic amines) is 1. The number of hydrogen-bond acceptors (Lipinski definition) is 3. The molecular formula is C21H28F2N2O2. The number of nitrogens with zero attached hydrogens (tertiary/aromatic N) is 1. The van der Waals surface area contributed by atoms with E-state index in [4.69, 9.17) is 4.74 Å². The first-order valence-electron chi connectivity index (χ1n) is 9.93. The Hall–Kier alpha value is -1.53. The van der Waals surface area contributed by atoms with Crippen molar-refractivity contribution in [3.8, 4) is 0 Å². The summed E-state index contributed by atoms with van der Waals surface area (Å²) in [6.45, 7) is 6.20. The molecule has 1 atom stereocenters. The van der Waals surface area contributed by atoms with Crippen LogP contribution < -0.4 is 5.32 Å². The molecule has 3 aliphatic rings. The number of alkyl halides is 2. The monoisotopic (exact) mass is 378 g/mol. The summed E-state index contributed by atoms with van der Waals surface area (Å²) in [4.78, 5) is 14.3. The molecule has 2 aliphatic heterocycles. The second kappa shape index (κ2) is 7.13. The zero-order valence-corrected chi connectivity index (χ0v) is 15.8. The van der Waals surface area contributed by atoms with E-state index in [9.17, 15) is 13.6 Å². The van der Waals surface area contributed by atoms with E-state index < -0.39 is 11.8 Å². The Balaban J connectivity index is 1.21. The molecule has 27 heavy (non-hydrogen) atoms. The van der Waals surface area contributed by atoms with E-state index in [1.807, 2.05) is 0 Å². The number of carbonyl (C=O) groups is 1. The van der Waals surface area contributed by atoms with Crippen molar-refractivity contribution in [1.29, 1.82) is 0 Å². The van der Waals surface area contributed by atoms with Gasteiger partial charge < -0.3 is 10.1 Å². The van der Waals surface area contributed by atoms with Gasteiger partial charge >= 0.3 is 0 Å². The number of halogens is 2. The summed E-state index contributed by atoms with van der Waals surface area (Å²) >= 11 is 0. The molecule has 1 aliphatic carbocycles. The van der Waals surface area contributed by atoms with E-state index in [0.29, 0.717) is 12.5 Å². The normalized spacial score (nSPS) is 26.6. The van der Waals surface area contributed by atoms with Crippen molar-refractivity contribution in [2.24, 2.45) is 11.8 Å². The summed E-state index contributed by atoms with van der Waals surface area (Å²) in [6, 6.07) is 8.63. The van der Waals surface area contributed by atoms with Crippen molar-refractivity contribution in [1.82, 2.24) is 10.2 Å². The van der Waals surface area contributed by atoms with Crippen LogP contribution in [0.15, 0.2) is 24.3 Å². The Morgan fingerprint density at radius 1 is 1.26 bits per heavy atom. The highest BCUT2D eigenvalue weighted by Crippen LogP contribution is 2.43. The van der Waals surface area contributed by atoms with E-state index in [0.717, 1.165) is 39.1 Å². The lowest BCUT2D eigenvalue weighted by Crippen LogP contribution is -2.64. The van der Waals surface area contributed by atoms with Crippen LogP contribution in [0.5, 0.6) is 0 Å². The van der Waals surface area contributed by atoms with Gasteiger partial charge in [0.25, 0.3) is 0 Å². The van der Waals surface area contributed by atoms with Crippen molar-refractivity contribution < 1.29 is 18.3 Å². The molecule has 1 amide bonds. The third-order valence-corrected chi connectivity index (χ3v) is 6.36. The van der Waals surface area contributed by atoms with Gasteiger partial charge in [0.1, 0.15) is 0 Å². The van der Waals surface area contributed by atoms with Gasteiger partial charge in [-0.15, -0.1) is 0 Å². The molecule has 3 fully saturated rings. The lowest BCUT2D eigenvalue weighted by molar-refractivity contribution is -0.150. The summed E-state index contributed by atoms with van der Waals surface area (Å²) in [7, 11) is 0. The summed E-state index contributed by atoms with van der Waals surface area (Å²) < 4.78 is 31.9. The van der Waals surface area contributed by atoms with Crippen molar-refractivity contribution in [2.75, 3.05) is 26.2 Å². The summed E-state index contributed by atoms with van der Waals surface area (Å²) in [5, 5.41) is 2.85. The van der Waals surface area contributed by atoms with Crippen molar-refractivity contribution in [3.63, 3.8) is 0 Å². The van der Waals surface area contributed by atoms with Crippen molar-refractivity contribution >= 4 is 5.91 Å². The van der Waals surface area contributed by atoms with Gasteiger partial charge in [0.05, 0.1) is 5.60 Å². The molecule has 2 saturated heterocycles. The lowest BCUT2D eigenvalue weighted by atomic mass is 9.78. The Morgan fingerprint density at radius 3 is 2.63 bits per heavy atom. The van der Waals surface area contributed by atoms with Crippen LogP contribution in [0.1, 0.15) is 36.8 Å². The standard InChI is InChI=1S/C21H28F2N2O2/c1-15-2-4-16(5-3-15)12-25-13-20(14-25)18(7-9-27-20)6-8-24-19(26)17-10-21(22,23)11-17/h2-5,17-18H,6-14H2,1H3,(H,24,26). The summed E-state index contributed by atoms with van der Waals surface area (Å²) in [6.07, 6.45) is 1.26. The minimum Gasteiger partial charge on any atom is -0.372 e. The molecule has 0 aromatic heterocycles. The number of benzene rings is 1. The second-order valence-electron chi connectivity index (χ2n) is 8.57. The number of carbonyl (C=O) groups excluding carboxylic acids is 1. The number of hydrogen-bond donors (Lipinski definition) is 1. The average Bonchev–Trinajstić information content (AvgIpc) is 2.98. The Bertz CT molecular complexity index is 678. The topological polar surface area (TPSA) is 41.6 Å². The van der Waals surface area contributed by atoms with Gasteiger partial charge in [0.15, 0.2) is 0 Å². The van der Waals surface area contributed by atoms with Gasteiger partial charge in [0.2, 0.25) is 11.8 Å². The molecule has 6 heteroatoms. The molecule has 1 aromatic carbocycles. The maximum Gasteiger partial charge on any atom is 0.249 e. The zero-order chi connectivity index (χ0) is 19.1. The largest absolute Gasteiger partial charge is 0.372 e. The molecule has 1 aromatic rings. The molecule has 1 spiro atoms. The number of nitrogens with one attached hydrogen (secondary N) is 1. The quantitative estimate of drug-likeness (QED) is 0.827. The second-order valence-corrected chi connectivity index (χ2v) is 8.57. The first kappa shape index (κ1) is 18.8. The minimum absolute atomic E-state index is 0.0844. The Morgan fingerprint density at radius 2 is 1.96 bits per heavy atom. The van der Waals surface area contributed by atoms with Crippen LogP contribution in [-0.2, 0) is 16.1 Å². The molecule has 148 valence electrons. The van der Waals surface area contributed by atoms with E-state index >= 15 is 0 Å². The maximum absolute atomic E-state index is 12.9. The molecule has 4 nitrogen and oxygen atoms in total. The lowest BCUT2D eigenvalue weighted by Gasteiger charge is -2.50. The van der Waals surface area contributed by atoms with Gasteiger partial charge in [-0.2, -0.15) is 0 Å². The van der Waals surface area contributed by atoms with Crippen LogP contribution in [0, 0.1) is 18.8 Å². The smallest absolute Gasteiger partial charge is 0.249 e. The van der Waals surface area contributed by atoms with Gasteiger partial charge in [-0.3, -0.25) is 9.69 Å². The fourth-order valence-electron chi connectivity index (χ4n) is 4.68. The molecule has 1 N–H and O–H groups in total. The minimum atomic E-state index is -2.64. The summed E-state index contributed by atoms with van der Waals surface area (Å²) in [5.41, 5.74) is 2.50. The van der Waals surface area contributed by atoms with Crippen LogP contribution in [0.4, 0.5) is 8.78 Å². The van der Waals surface area contributed by atoms with Crippen LogP contribution in [0.2, 0.25) is 0 Å². The van der Waals surface area contributed by atoms with Gasteiger partial charge in [-0.25, -0.2) is 8.78 Å². The van der Waals surface area contributed by atoms with E-state index in [2.05, 4.69) is 41.4 Å². The summed E-state index contributed by atoms with van der Waals surface area (Å²) in [5.74, 6) is -2.95. The fraction of sp³-hybridized carbons (Fsp3) is 0.667. The number of amides is 1. The zero-order valence-electron chi connectivity index (χ0n) is 15.8. The predicted octanol–water partition coefficient (Wildman–Crippen LogP) is 3.14. The third-order valence-electron chi connectivity index (χ3n) is 6.36. The number of ether oxygens (including phenoxy) is 1. The Kier molecular flexibility index (Phi) is 4.97. The van der Waals surface area contributed by atoms with Crippen molar-refractivity contribution in [3.05, 3.63) is 35.4 Å². The van der Waals surface area contributed by atoms with E-state index in [1.54, 1.807) is 0 Å². The first-order chi connectivity index (χ1) is 12.9. The molecule has 2 heterocycles. The Labute approximate surface area is 159 Å². The van der Waals surface area contributed by atoms with Crippen LogP contribution >= 0.6 is 0 Å². The molecule has 0 bridgehead atoms. The molecule has 1 unspecified atom stereocenters. The SMILES string of the molecule is Cc1ccc(CN2CC3(C2)OCCC3CCNC(=O)C2CC(F)(F)C2)cc1. The average molecular weight is 378 g/mol. The maximum atomic E-state index is 12.9. The highest BCUT2D eigenvalue weighted by atomic mass is 19.3. The molecular weight excluding hydrogens is 350 g/mol. The predicted molar refractivity (Wildman–Crippen MR) is 98.5 cm³/mol. The van der Waals surface area contributed by atoms with Crippen LogP contribution in [0.3, 0.4) is 0 Å². The van der Waals surface area contributed by atoms with Gasteiger partial charge in [-0.05, 0) is 31.2 Å². The third kappa shape index (κ3) is 4.02. The van der Waals surface area contributed by atoms with Crippen LogP contribution in [0.25, 0.3) is 0 Å². The van der Waals surface area contributed by atoms with Crippen molar-refractivity contribution in [2.45, 2.75) is 50.7 Å². The van der Waals surface area contributed by atoms with Gasteiger partial charge in [-0.1, -0.05) is 29.8 Å². The first-order valence-corrected chi connectivity index (χ1v) is 9.93. The molecule has 1 saturated carbocycles. The van der Waals surface area contributed by atoms with Crippen LogP contribution in [-0.4, -0.2) is 48.6 Å². The highest BCUT2D eigenvalue weighted by Gasteiger charge is 2.52. The number of rotatable bonds is 6. The fourth-order valence-corrected chi connectivity index (χ4v) is 4.68. The number of aryl methyl sites for hydroxylation is 1. The van der Waals surface area contributed by atoms with E-state index in [1.165, 1.54) is 11.1 Å². The molecule has 4 rings (SSSR count). The van der Waals surface area contributed by atoms with E-state index in [-0.39, 0.29) is 24.3 Å².